The summed E-state index contributed by atoms with van der Waals surface area (Å²) < 4.78 is 0. The summed E-state index contributed by atoms with van der Waals surface area (Å²) in [4.78, 5) is 58.1. The summed E-state index contributed by atoms with van der Waals surface area (Å²) in [5, 5.41) is 27.8. The minimum absolute atomic E-state index is 0.0476. The number of carbonyl (C=O) groups excluding carboxylic acids is 3. The number of nitrogens with one attached hydrogen (secondary N) is 1. The Bertz CT molecular complexity index is 1730. The number of anilines is 2. The molecule has 0 bridgehead atoms. The number of thioether (sulfide) groups is 1. The van der Waals surface area contributed by atoms with Gasteiger partial charge in [-0.1, -0.05) is 35.5 Å². The van der Waals surface area contributed by atoms with Crippen molar-refractivity contribution in [3.8, 4) is 0 Å². The second-order valence-corrected chi connectivity index (χ2v) is 11.5. The number of hydrogen-bond donors (Lipinski definition) is 4. The molecule has 0 aliphatic carbocycles. The summed E-state index contributed by atoms with van der Waals surface area (Å²) in [6, 6.07) is 12.6. The number of aliphatic carboxylic acids is 1. The normalized spacial score (nSPS) is 21.9. The van der Waals surface area contributed by atoms with E-state index in [1.54, 1.807) is 11.0 Å². The van der Waals surface area contributed by atoms with E-state index in [4.69, 9.17) is 5.73 Å². The molecule has 12 nitrogen and oxygen atoms in total. The number of carboxylic acids is 1. The average molecular weight is 591 g/mol. The van der Waals surface area contributed by atoms with Gasteiger partial charge in [-0.2, -0.15) is 0 Å². The highest BCUT2D eigenvalue weighted by Crippen LogP contribution is 2.41. The minimum Gasteiger partial charge on any atom is -0.477 e. The number of hydrogen-bond acceptors (Lipinski definition) is 10. The van der Waals surface area contributed by atoms with Crippen LogP contribution in [-0.4, -0.2) is 73.3 Å². The van der Waals surface area contributed by atoms with Crippen LogP contribution in [-0.2, 0) is 19.2 Å². The average Bonchev–Trinajstić information content (AvgIpc) is 3.56. The Kier molecular flexibility index (Phi) is 6.71. The molecule has 14 heteroatoms. The molecule has 6 rings (SSSR count). The SMILES string of the molecule is Nc1nc(/C(=N/O)C(=O)N[C@@H]2C(=O)N3C(C(=O)O)=C(/C=C4\CCN(c5ccc6ccccc6c5)C4=O)CS[C@H]23)cs1. The lowest BCUT2D eigenvalue weighted by Gasteiger charge is -2.49. The highest BCUT2D eigenvalue weighted by atomic mass is 32.2. The number of thiazole rings is 1. The van der Waals surface area contributed by atoms with Gasteiger partial charge in [-0.15, -0.1) is 23.1 Å². The van der Waals surface area contributed by atoms with E-state index in [2.05, 4.69) is 15.5 Å². The number of amides is 3. The van der Waals surface area contributed by atoms with Crippen LogP contribution in [0, 0.1) is 0 Å². The van der Waals surface area contributed by atoms with Gasteiger partial charge in [0.05, 0.1) is 0 Å². The van der Waals surface area contributed by atoms with Gasteiger partial charge >= 0.3 is 5.97 Å². The monoisotopic (exact) mass is 590 g/mol. The number of nitrogen functional groups attached to an aromatic ring is 1. The zero-order valence-corrected chi connectivity index (χ0v) is 22.8. The van der Waals surface area contributed by atoms with E-state index >= 15 is 0 Å². The van der Waals surface area contributed by atoms with Crippen molar-refractivity contribution in [3.05, 3.63) is 76.5 Å². The molecule has 4 heterocycles. The summed E-state index contributed by atoms with van der Waals surface area (Å²) in [6.45, 7) is 0.449. The Morgan fingerprint density at radius 1 is 1.17 bits per heavy atom. The first kappa shape index (κ1) is 26.5. The largest absolute Gasteiger partial charge is 0.477 e. The third kappa shape index (κ3) is 4.60. The Morgan fingerprint density at radius 2 is 1.95 bits per heavy atom. The molecule has 5 N–H and O–H groups in total. The summed E-state index contributed by atoms with van der Waals surface area (Å²) in [5.74, 6) is -2.81. The molecule has 0 unspecified atom stereocenters. The van der Waals surface area contributed by atoms with E-state index in [-0.39, 0.29) is 28.2 Å². The van der Waals surface area contributed by atoms with Crippen molar-refractivity contribution in [1.82, 2.24) is 15.2 Å². The van der Waals surface area contributed by atoms with Crippen molar-refractivity contribution in [3.63, 3.8) is 0 Å². The molecule has 2 aromatic carbocycles. The highest BCUT2D eigenvalue weighted by Gasteiger charge is 2.54. The fourth-order valence-electron chi connectivity index (χ4n) is 5.12. The molecule has 3 aliphatic heterocycles. The lowest BCUT2D eigenvalue weighted by Crippen LogP contribution is -2.71. The van der Waals surface area contributed by atoms with Gasteiger partial charge < -0.3 is 26.3 Å². The van der Waals surface area contributed by atoms with Crippen molar-refractivity contribution in [2.45, 2.75) is 17.8 Å². The standard InChI is InChI=1S/C27H22N6O6S2/c28-27-29-18(12-41-27)19(31-39)22(34)30-20-24(36)33-21(26(37)38)16(11-40-25(20)33)9-15-7-8-32(23(15)35)17-6-5-13-3-1-2-4-14(13)10-17/h1-6,9-10,12,20,25,39H,7-8,11H2,(H2,28,29)(H,30,34)(H,37,38)/b15-9+,31-19-/t20-,25-/m1/s1. The van der Waals surface area contributed by atoms with Gasteiger partial charge in [0.25, 0.3) is 17.7 Å². The van der Waals surface area contributed by atoms with E-state index in [1.807, 2.05) is 42.5 Å². The molecular weight excluding hydrogens is 568 g/mol. The molecule has 2 fully saturated rings. The van der Waals surface area contributed by atoms with Crippen LogP contribution in [0.5, 0.6) is 0 Å². The number of nitrogens with two attached hydrogens (primary N) is 1. The van der Waals surface area contributed by atoms with E-state index in [9.17, 15) is 29.5 Å². The lowest BCUT2D eigenvalue weighted by atomic mass is 10.0. The Morgan fingerprint density at radius 3 is 2.66 bits per heavy atom. The molecule has 0 saturated carbocycles. The van der Waals surface area contributed by atoms with Crippen LogP contribution in [0.25, 0.3) is 10.8 Å². The third-order valence-electron chi connectivity index (χ3n) is 7.08. The predicted octanol–water partition coefficient (Wildman–Crippen LogP) is 2.16. The number of benzene rings is 2. The van der Waals surface area contributed by atoms with Crippen molar-refractivity contribution in [2.24, 2.45) is 5.16 Å². The van der Waals surface area contributed by atoms with Gasteiger partial charge in [-0.25, -0.2) is 9.78 Å². The zero-order chi connectivity index (χ0) is 28.8. The molecular formula is C27H22N6O6S2. The molecule has 0 spiro atoms. The second-order valence-electron chi connectivity index (χ2n) is 9.47. The highest BCUT2D eigenvalue weighted by molar-refractivity contribution is 8.00. The molecule has 0 radical (unpaired) electrons. The van der Waals surface area contributed by atoms with Crippen LogP contribution in [0.15, 0.2) is 75.9 Å². The zero-order valence-electron chi connectivity index (χ0n) is 21.2. The van der Waals surface area contributed by atoms with Crippen LogP contribution < -0.4 is 16.0 Å². The van der Waals surface area contributed by atoms with Crippen molar-refractivity contribution in [1.29, 1.82) is 0 Å². The third-order valence-corrected chi connectivity index (χ3v) is 9.06. The van der Waals surface area contributed by atoms with Crippen LogP contribution in [0.3, 0.4) is 0 Å². The van der Waals surface area contributed by atoms with Crippen LogP contribution in [0.4, 0.5) is 10.8 Å². The summed E-state index contributed by atoms with van der Waals surface area (Å²) in [7, 11) is 0. The number of aromatic nitrogens is 1. The first-order chi connectivity index (χ1) is 19.8. The number of fused-ring (bicyclic) bond motifs is 2. The second kappa shape index (κ2) is 10.4. The quantitative estimate of drug-likeness (QED) is 0.110. The van der Waals surface area contributed by atoms with E-state index < -0.39 is 34.9 Å². The smallest absolute Gasteiger partial charge is 0.352 e. The maximum atomic E-state index is 13.3. The van der Waals surface area contributed by atoms with Gasteiger partial charge in [0.1, 0.15) is 22.8 Å². The Labute approximate surface area is 240 Å². The van der Waals surface area contributed by atoms with Gasteiger partial charge in [-0.3, -0.25) is 19.3 Å². The number of rotatable bonds is 6. The van der Waals surface area contributed by atoms with Crippen molar-refractivity contribution < 1.29 is 29.5 Å². The van der Waals surface area contributed by atoms with Crippen LogP contribution >= 0.6 is 23.1 Å². The van der Waals surface area contributed by atoms with Crippen LogP contribution in [0.2, 0.25) is 0 Å². The molecule has 208 valence electrons. The molecule has 2 saturated heterocycles. The molecule has 1 aromatic heterocycles. The van der Waals surface area contributed by atoms with Crippen LogP contribution in [0.1, 0.15) is 12.1 Å². The molecule has 2 atom stereocenters. The van der Waals surface area contributed by atoms with Gasteiger partial charge in [0.15, 0.2) is 10.8 Å². The van der Waals surface area contributed by atoms with E-state index in [0.717, 1.165) is 32.7 Å². The summed E-state index contributed by atoms with van der Waals surface area (Å²) in [5.41, 5.74) is 6.54. The summed E-state index contributed by atoms with van der Waals surface area (Å²) in [6.07, 6.45) is 1.99. The summed E-state index contributed by atoms with van der Waals surface area (Å²) >= 11 is 2.31. The first-order valence-corrected chi connectivity index (χ1v) is 14.4. The number of β-lactam (4-membered cyclic amide) rings is 1. The van der Waals surface area contributed by atoms with E-state index in [0.29, 0.717) is 24.1 Å². The number of oxime groups is 1. The van der Waals surface area contributed by atoms with E-state index in [1.165, 1.54) is 17.1 Å². The molecule has 41 heavy (non-hydrogen) atoms. The van der Waals surface area contributed by atoms with Gasteiger partial charge in [-0.05, 0) is 41.0 Å². The van der Waals surface area contributed by atoms with Gasteiger partial charge in [0.2, 0.25) is 0 Å². The molecule has 3 aliphatic rings. The minimum atomic E-state index is -1.31. The maximum Gasteiger partial charge on any atom is 0.352 e. The van der Waals surface area contributed by atoms with Gasteiger partial charge in [0, 0.05) is 28.9 Å². The lowest BCUT2D eigenvalue weighted by molar-refractivity contribution is -0.150. The van der Waals surface area contributed by atoms with Crippen molar-refractivity contribution in [2.75, 3.05) is 22.9 Å². The molecule has 3 amide bonds. The Hall–Kier alpha value is -4.69. The Balaban J connectivity index is 1.21. The number of allylic oxidation sites excluding steroid dienone is 1. The fraction of sp³-hybridized carbons (Fsp3) is 0.185. The number of nitrogens with zero attached hydrogens (tertiary/aromatic N) is 4. The first-order valence-electron chi connectivity index (χ1n) is 12.4. The fourth-order valence-corrected chi connectivity index (χ4v) is 6.98. The topological polar surface area (TPSA) is 179 Å². The number of carboxylic acid groups (broad SMARTS) is 1. The van der Waals surface area contributed by atoms with Crippen molar-refractivity contribution >= 4 is 74.1 Å². The molecule has 3 aromatic rings. The predicted molar refractivity (Wildman–Crippen MR) is 154 cm³/mol. The maximum absolute atomic E-state index is 13.3. The number of carbonyl (C=O) groups is 4.